The number of hydrogen-bond donors (Lipinski definition) is 3. The van der Waals surface area contributed by atoms with Crippen LogP contribution in [-0.2, 0) is 9.59 Å². The van der Waals surface area contributed by atoms with Crippen molar-refractivity contribution in [3.05, 3.63) is 0 Å². The number of nitrogens with one attached hydrogen (secondary N) is 1. The van der Waals surface area contributed by atoms with E-state index < -0.39 is 17.4 Å². The topological polar surface area (TPSA) is 105 Å². The van der Waals surface area contributed by atoms with Crippen molar-refractivity contribution in [1.29, 1.82) is 0 Å². The molecule has 0 bridgehead atoms. The molecule has 0 unspecified atom stereocenters. The zero-order valence-electron chi connectivity index (χ0n) is 5.29. The SMILES string of the molecule is CC(=O)/C(=N/O)C(=O)NN. The second kappa shape index (κ2) is 3.57. The molecule has 0 aliphatic rings. The van der Waals surface area contributed by atoms with Gasteiger partial charge in [0.25, 0.3) is 5.91 Å². The molecular formula is C4H7N3O3. The lowest BCUT2D eigenvalue weighted by Crippen LogP contribution is -2.39. The van der Waals surface area contributed by atoms with Crippen molar-refractivity contribution in [2.75, 3.05) is 0 Å². The van der Waals surface area contributed by atoms with Crippen LogP contribution in [0.3, 0.4) is 0 Å². The number of carbonyl (C=O) groups excluding carboxylic acids is 2. The lowest BCUT2D eigenvalue weighted by Gasteiger charge is -1.95. The number of Topliss-reactive ketones (excluding diaryl/α,β-unsaturated/α-hetero) is 1. The van der Waals surface area contributed by atoms with Gasteiger partial charge in [0.05, 0.1) is 0 Å². The number of rotatable bonds is 2. The minimum Gasteiger partial charge on any atom is -0.410 e. The third-order valence-corrected chi connectivity index (χ3v) is 0.780. The van der Waals surface area contributed by atoms with Gasteiger partial charge in [-0.1, -0.05) is 5.16 Å². The first-order chi connectivity index (χ1) is 4.63. The van der Waals surface area contributed by atoms with Crippen LogP contribution in [0, 0.1) is 0 Å². The van der Waals surface area contributed by atoms with Crippen molar-refractivity contribution in [3.8, 4) is 0 Å². The van der Waals surface area contributed by atoms with Crippen LogP contribution in [-0.4, -0.2) is 22.6 Å². The smallest absolute Gasteiger partial charge is 0.290 e. The second-order valence-corrected chi connectivity index (χ2v) is 1.48. The minimum absolute atomic E-state index is 0.609. The van der Waals surface area contributed by atoms with Crippen LogP contribution in [0.2, 0.25) is 0 Å². The first-order valence-electron chi connectivity index (χ1n) is 2.37. The number of nitrogens with zero attached hydrogens (tertiary/aromatic N) is 1. The van der Waals surface area contributed by atoms with Gasteiger partial charge in [-0.15, -0.1) is 0 Å². The largest absolute Gasteiger partial charge is 0.410 e. The summed E-state index contributed by atoms with van der Waals surface area (Å²) < 4.78 is 0. The zero-order chi connectivity index (χ0) is 8.15. The maximum Gasteiger partial charge on any atom is 0.290 e. The monoisotopic (exact) mass is 145 g/mol. The number of carbonyl (C=O) groups is 2. The van der Waals surface area contributed by atoms with Crippen LogP contribution >= 0.6 is 0 Å². The van der Waals surface area contributed by atoms with E-state index in [-0.39, 0.29) is 0 Å². The number of nitrogens with two attached hydrogens (primary N) is 1. The van der Waals surface area contributed by atoms with Gasteiger partial charge in [-0.05, 0) is 0 Å². The molecule has 6 heteroatoms. The highest BCUT2D eigenvalue weighted by molar-refractivity contribution is 6.65. The summed E-state index contributed by atoms with van der Waals surface area (Å²) in [6.07, 6.45) is 0. The number of ketones is 1. The van der Waals surface area contributed by atoms with Crippen LogP contribution in [0.4, 0.5) is 0 Å². The fourth-order valence-electron chi connectivity index (χ4n) is 0.344. The normalized spacial score (nSPS) is 10.8. The molecule has 0 saturated heterocycles. The predicted molar refractivity (Wildman–Crippen MR) is 32.2 cm³/mol. The molecular weight excluding hydrogens is 138 g/mol. The Morgan fingerprint density at radius 2 is 2.10 bits per heavy atom. The molecule has 0 aromatic rings. The van der Waals surface area contributed by atoms with Gasteiger partial charge in [-0.25, -0.2) is 5.84 Å². The standard InChI is InChI=1S/C4H7N3O3/c1-2(8)3(7-10)4(9)6-5/h10H,5H2,1H3,(H,6,9)/b7-3-. The molecule has 0 aromatic heterocycles. The lowest BCUT2D eigenvalue weighted by molar-refractivity contribution is -0.117. The number of hydrogen-bond acceptors (Lipinski definition) is 5. The van der Waals surface area contributed by atoms with Gasteiger partial charge in [-0.2, -0.15) is 0 Å². The molecule has 10 heavy (non-hydrogen) atoms. The quantitative estimate of drug-likeness (QED) is 0.109. The Balaban J connectivity index is 4.39. The summed E-state index contributed by atoms with van der Waals surface area (Å²) in [4.78, 5) is 20.8. The summed E-state index contributed by atoms with van der Waals surface area (Å²) in [6.45, 7) is 1.09. The van der Waals surface area contributed by atoms with Crippen molar-refractivity contribution in [2.24, 2.45) is 11.0 Å². The van der Waals surface area contributed by atoms with Crippen molar-refractivity contribution in [2.45, 2.75) is 6.92 Å². The summed E-state index contributed by atoms with van der Waals surface area (Å²) in [5, 5.41) is 10.5. The highest BCUT2D eigenvalue weighted by Gasteiger charge is 2.14. The van der Waals surface area contributed by atoms with Gasteiger partial charge < -0.3 is 5.21 Å². The van der Waals surface area contributed by atoms with E-state index in [9.17, 15) is 9.59 Å². The van der Waals surface area contributed by atoms with Crippen molar-refractivity contribution >= 4 is 17.4 Å². The zero-order valence-corrected chi connectivity index (χ0v) is 5.29. The van der Waals surface area contributed by atoms with E-state index in [1.165, 1.54) is 0 Å². The summed E-state index contributed by atoms with van der Waals surface area (Å²) in [6, 6.07) is 0. The van der Waals surface area contributed by atoms with E-state index in [0.717, 1.165) is 6.92 Å². The summed E-state index contributed by atoms with van der Waals surface area (Å²) in [7, 11) is 0. The molecule has 0 aliphatic carbocycles. The number of hydrazine groups is 1. The maximum atomic E-state index is 10.4. The second-order valence-electron chi connectivity index (χ2n) is 1.48. The molecule has 6 nitrogen and oxygen atoms in total. The third-order valence-electron chi connectivity index (χ3n) is 0.780. The van der Waals surface area contributed by atoms with Crippen LogP contribution in [0.25, 0.3) is 0 Å². The molecule has 0 rings (SSSR count). The lowest BCUT2D eigenvalue weighted by atomic mass is 10.2. The molecule has 0 saturated carbocycles. The van der Waals surface area contributed by atoms with Crippen molar-refractivity contribution in [3.63, 3.8) is 0 Å². The van der Waals surface area contributed by atoms with Crippen LogP contribution in [0.15, 0.2) is 5.16 Å². The van der Waals surface area contributed by atoms with Gasteiger partial charge >= 0.3 is 0 Å². The van der Waals surface area contributed by atoms with E-state index in [0.29, 0.717) is 0 Å². The van der Waals surface area contributed by atoms with E-state index in [1.807, 2.05) is 0 Å². The fraction of sp³-hybridized carbons (Fsp3) is 0.250. The number of oxime groups is 1. The molecule has 4 N–H and O–H groups in total. The molecule has 0 heterocycles. The van der Waals surface area contributed by atoms with Gasteiger partial charge in [0, 0.05) is 6.92 Å². The van der Waals surface area contributed by atoms with Gasteiger partial charge in [0.1, 0.15) is 0 Å². The number of amides is 1. The Labute approximate surface area is 56.7 Å². The van der Waals surface area contributed by atoms with Crippen molar-refractivity contribution in [1.82, 2.24) is 5.43 Å². The molecule has 1 amide bonds. The Hall–Kier alpha value is -1.43. The third kappa shape index (κ3) is 1.82. The first-order valence-corrected chi connectivity index (χ1v) is 2.37. The van der Waals surface area contributed by atoms with Gasteiger partial charge in [0.2, 0.25) is 5.71 Å². The van der Waals surface area contributed by atoms with E-state index >= 15 is 0 Å². The Morgan fingerprint density at radius 3 is 2.20 bits per heavy atom. The highest BCUT2D eigenvalue weighted by Crippen LogP contribution is 1.78. The summed E-state index contributed by atoms with van der Waals surface area (Å²) in [5.41, 5.74) is 1.04. The first kappa shape index (κ1) is 8.57. The van der Waals surface area contributed by atoms with Gasteiger partial charge in [-0.3, -0.25) is 15.0 Å². The molecule has 0 aromatic carbocycles. The van der Waals surface area contributed by atoms with Crippen molar-refractivity contribution < 1.29 is 14.8 Å². The summed E-state index contributed by atoms with van der Waals surface area (Å²) in [5.74, 6) is 3.09. The van der Waals surface area contributed by atoms with E-state index in [2.05, 4.69) is 11.0 Å². The predicted octanol–water partition coefficient (Wildman–Crippen LogP) is -1.60. The molecule has 0 aliphatic heterocycles. The Kier molecular flexibility index (Phi) is 3.06. The molecule has 0 atom stereocenters. The van der Waals surface area contributed by atoms with E-state index in [4.69, 9.17) is 5.21 Å². The average Bonchev–Trinajstić information content (AvgIpc) is 1.88. The molecule has 56 valence electrons. The maximum absolute atomic E-state index is 10.4. The fourth-order valence-corrected chi connectivity index (χ4v) is 0.344. The summed E-state index contributed by atoms with van der Waals surface area (Å²) >= 11 is 0. The van der Waals surface area contributed by atoms with Crippen LogP contribution in [0.1, 0.15) is 6.92 Å². The van der Waals surface area contributed by atoms with Gasteiger partial charge in [0.15, 0.2) is 5.78 Å². The molecule has 0 fully saturated rings. The Bertz CT molecular complexity index is 186. The van der Waals surface area contributed by atoms with Crippen LogP contribution < -0.4 is 11.3 Å². The Morgan fingerprint density at radius 1 is 1.60 bits per heavy atom. The minimum atomic E-state index is -0.907. The highest BCUT2D eigenvalue weighted by atomic mass is 16.4. The van der Waals surface area contributed by atoms with E-state index in [1.54, 1.807) is 5.43 Å². The molecule has 0 radical (unpaired) electrons. The average molecular weight is 145 g/mol. The van der Waals surface area contributed by atoms with Crippen LogP contribution in [0.5, 0.6) is 0 Å². The molecule has 0 spiro atoms.